The number of carbonyl (C=O) groups is 1. The normalized spacial score (nSPS) is 13.7. The van der Waals surface area contributed by atoms with Gasteiger partial charge in [0.25, 0.3) is 15.9 Å². The van der Waals surface area contributed by atoms with Crippen LogP contribution in [-0.4, -0.2) is 64.3 Å². The van der Waals surface area contributed by atoms with E-state index < -0.39 is 32.6 Å². The number of piperazine rings is 1. The Balaban J connectivity index is 1.01. The van der Waals surface area contributed by atoms with E-state index >= 15 is 4.39 Å². The molecule has 0 aromatic heterocycles. The van der Waals surface area contributed by atoms with E-state index in [0.717, 1.165) is 33.8 Å². The molecule has 6 rings (SSSR count). The van der Waals surface area contributed by atoms with Crippen molar-refractivity contribution >= 4 is 39.1 Å². The van der Waals surface area contributed by atoms with Gasteiger partial charge in [0.1, 0.15) is 11.6 Å². The molecule has 0 saturated carbocycles. The second-order valence-electron chi connectivity index (χ2n) is 12.8. The third-order valence-corrected chi connectivity index (χ3v) is 11.4. The molecule has 1 amide bonds. The molecule has 0 atom stereocenters. The summed E-state index contributed by atoms with van der Waals surface area (Å²) in [5, 5.41) is 2.75. The number of ether oxygens (including phenoxy) is 1. The second kappa shape index (κ2) is 17.6. The largest absolute Gasteiger partial charge is 0.494 e. The molecule has 1 aliphatic rings. The zero-order valence-electron chi connectivity index (χ0n) is 30.0. The molecular weight excluding hydrogens is 753 g/mol. The number of benzene rings is 5. The lowest BCUT2D eigenvalue weighted by atomic mass is 10.0. The Bertz CT molecular complexity index is 2200. The number of hydrogen-bond donors (Lipinski definition) is 2. The average Bonchev–Trinajstić information content (AvgIpc) is 3.17. The first-order valence-electron chi connectivity index (χ1n) is 17.7. The van der Waals surface area contributed by atoms with E-state index in [9.17, 15) is 26.4 Å². The zero-order chi connectivity index (χ0) is 39.0. The van der Waals surface area contributed by atoms with Crippen molar-refractivity contribution in [2.75, 3.05) is 55.3 Å². The van der Waals surface area contributed by atoms with Crippen molar-refractivity contribution in [1.29, 1.82) is 0 Å². The fourth-order valence-corrected chi connectivity index (χ4v) is 8.04. The minimum atomic E-state index is -4.84. The van der Waals surface area contributed by atoms with Gasteiger partial charge in [-0.05, 0) is 90.8 Å². The van der Waals surface area contributed by atoms with Crippen LogP contribution in [0.3, 0.4) is 0 Å². The van der Waals surface area contributed by atoms with E-state index in [-0.39, 0.29) is 23.6 Å². The molecule has 1 aliphatic heterocycles. The molecule has 1 fully saturated rings. The minimum absolute atomic E-state index is 0.0336. The predicted molar refractivity (Wildman–Crippen MR) is 209 cm³/mol. The molecule has 8 nitrogen and oxygen atoms in total. The van der Waals surface area contributed by atoms with Crippen molar-refractivity contribution in [3.8, 4) is 16.9 Å². The van der Waals surface area contributed by atoms with Crippen LogP contribution in [0.2, 0.25) is 0 Å². The molecule has 0 spiro atoms. The van der Waals surface area contributed by atoms with Crippen LogP contribution in [0.1, 0.15) is 28.4 Å². The number of alkyl halides is 3. The van der Waals surface area contributed by atoms with Gasteiger partial charge in [0.15, 0.2) is 0 Å². The first-order chi connectivity index (χ1) is 26.4. The van der Waals surface area contributed by atoms with Crippen molar-refractivity contribution in [1.82, 2.24) is 9.62 Å². The van der Waals surface area contributed by atoms with Crippen molar-refractivity contribution < 1.29 is 35.5 Å². The molecular formula is C41H40F4N4O4S2. The highest BCUT2D eigenvalue weighted by atomic mass is 32.2. The highest BCUT2D eigenvalue weighted by Crippen LogP contribution is 2.36. The van der Waals surface area contributed by atoms with Crippen LogP contribution in [0.5, 0.6) is 5.75 Å². The van der Waals surface area contributed by atoms with Gasteiger partial charge >= 0.3 is 6.18 Å². The first kappa shape index (κ1) is 39.6. The van der Waals surface area contributed by atoms with Crippen LogP contribution in [0.25, 0.3) is 11.1 Å². The van der Waals surface area contributed by atoms with Gasteiger partial charge in [0, 0.05) is 72.4 Å². The second-order valence-corrected chi connectivity index (χ2v) is 15.7. The van der Waals surface area contributed by atoms with Gasteiger partial charge in [-0.2, -0.15) is 13.2 Å². The molecule has 5 aromatic rings. The third-order valence-electron chi connectivity index (χ3n) is 9.03. The van der Waals surface area contributed by atoms with Crippen LogP contribution in [0, 0.1) is 5.82 Å². The van der Waals surface area contributed by atoms with E-state index in [4.69, 9.17) is 4.74 Å². The Labute approximate surface area is 322 Å². The van der Waals surface area contributed by atoms with E-state index in [2.05, 4.69) is 15.1 Å². The Kier molecular flexibility index (Phi) is 12.7. The molecule has 1 saturated heterocycles. The lowest BCUT2D eigenvalue weighted by Crippen LogP contribution is -2.46. The van der Waals surface area contributed by atoms with Gasteiger partial charge < -0.3 is 15.0 Å². The lowest BCUT2D eigenvalue weighted by molar-refractivity contribution is -0.137. The zero-order valence-corrected chi connectivity index (χ0v) is 31.6. The van der Waals surface area contributed by atoms with Gasteiger partial charge in [-0.3, -0.25) is 9.69 Å². The van der Waals surface area contributed by atoms with Crippen LogP contribution in [0.15, 0.2) is 125 Å². The molecule has 0 unspecified atom stereocenters. The SMILES string of the molecule is CCOc1cccc(-c2ccc(CN3CCN(c4ccc(C(=O)NS(=O)(=O)c5ccc(NCCSc6ccccc6)c(C(F)(F)F)c5)cc4)CC3)cc2F)c1. The number of anilines is 2. The molecule has 288 valence electrons. The summed E-state index contributed by atoms with van der Waals surface area (Å²) in [7, 11) is -4.63. The van der Waals surface area contributed by atoms with E-state index in [1.54, 1.807) is 24.3 Å². The summed E-state index contributed by atoms with van der Waals surface area (Å²) in [6.45, 7) is 5.97. The number of hydrogen-bond acceptors (Lipinski definition) is 8. The summed E-state index contributed by atoms with van der Waals surface area (Å²) in [5.74, 6) is -0.0987. The summed E-state index contributed by atoms with van der Waals surface area (Å²) in [4.78, 5) is 17.6. The van der Waals surface area contributed by atoms with Gasteiger partial charge in [-0.15, -0.1) is 11.8 Å². The molecule has 2 N–H and O–H groups in total. The van der Waals surface area contributed by atoms with Crippen LogP contribution in [0.4, 0.5) is 28.9 Å². The maximum Gasteiger partial charge on any atom is 0.418 e. The van der Waals surface area contributed by atoms with Crippen molar-refractivity contribution in [2.24, 2.45) is 0 Å². The summed E-state index contributed by atoms with van der Waals surface area (Å²) in [6.07, 6.45) is -4.84. The summed E-state index contributed by atoms with van der Waals surface area (Å²) in [5.41, 5.74) is 1.56. The molecule has 55 heavy (non-hydrogen) atoms. The standard InChI is InChI=1S/C41H40F4N4O4S2/c1-2-53-33-8-6-7-31(26-33)36-17-11-29(25-38(36)42)28-48-20-22-49(23-21-48)32-14-12-30(13-15-32)40(50)47-55(51,52)35-16-18-39(37(27-35)41(43,44)45)46-19-24-54-34-9-4-3-5-10-34/h3-18,25-27,46H,2,19-24,28H2,1H3,(H,47,50). The van der Waals surface area contributed by atoms with Gasteiger partial charge in [-0.1, -0.05) is 42.5 Å². The summed E-state index contributed by atoms with van der Waals surface area (Å²) >= 11 is 1.47. The average molecular weight is 793 g/mol. The maximum atomic E-state index is 15.1. The first-order valence-corrected chi connectivity index (χ1v) is 20.2. The van der Waals surface area contributed by atoms with Gasteiger partial charge in [0.05, 0.1) is 17.1 Å². The van der Waals surface area contributed by atoms with Crippen molar-refractivity contribution in [3.05, 3.63) is 138 Å². The highest BCUT2D eigenvalue weighted by molar-refractivity contribution is 7.99. The van der Waals surface area contributed by atoms with Crippen LogP contribution in [-0.2, 0) is 22.7 Å². The monoisotopic (exact) mass is 792 g/mol. The Hall–Kier alpha value is -5.05. The number of rotatable bonds is 14. The fraction of sp³-hybridized carbons (Fsp3) is 0.244. The smallest absolute Gasteiger partial charge is 0.418 e. The number of sulfonamides is 1. The Morgan fingerprint density at radius 3 is 2.29 bits per heavy atom. The molecule has 0 aliphatic carbocycles. The number of amides is 1. The van der Waals surface area contributed by atoms with Crippen LogP contribution < -0.4 is 19.7 Å². The van der Waals surface area contributed by atoms with E-state index in [0.29, 0.717) is 62.5 Å². The fourth-order valence-electron chi connectivity index (χ4n) is 6.25. The topological polar surface area (TPSA) is 91.0 Å². The maximum absolute atomic E-state index is 15.1. The number of halogens is 4. The number of thioether (sulfide) groups is 1. The van der Waals surface area contributed by atoms with Gasteiger partial charge in [-0.25, -0.2) is 17.5 Å². The summed E-state index contributed by atoms with van der Waals surface area (Å²) < 4.78 is 90.7. The van der Waals surface area contributed by atoms with Crippen molar-refractivity contribution in [3.63, 3.8) is 0 Å². The highest BCUT2D eigenvalue weighted by Gasteiger charge is 2.35. The third kappa shape index (κ3) is 10.4. The molecule has 0 radical (unpaired) electrons. The molecule has 1 heterocycles. The number of nitrogens with one attached hydrogen (secondary N) is 2. The van der Waals surface area contributed by atoms with Crippen molar-refractivity contribution in [2.45, 2.75) is 29.4 Å². The number of nitrogens with zero attached hydrogens (tertiary/aromatic N) is 2. The number of carbonyl (C=O) groups excluding carboxylic acids is 1. The van der Waals surface area contributed by atoms with Crippen LogP contribution >= 0.6 is 11.8 Å². The molecule has 14 heteroatoms. The molecule has 0 bridgehead atoms. The summed E-state index contributed by atoms with van der Waals surface area (Å²) in [6, 6.07) is 31.0. The quantitative estimate of drug-likeness (QED) is 0.0658. The Morgan fingerprint density at radius 2 is 1.60 bits per heavy atom. The van der Waals surface area contributed by atoms with E-state index in [1.807, 2.05) is 72.3 Å². The lowest BCUT2D eigenvalue weighted by Gasteiger charge is -2.36. The van der Waals surface area contributed by atoms with E-state index in [1.165, 1.54) is 23.9 Å². The Morgan fingerprint density at radius 1 is 0.855 bits per heavy atom. The van der Waals surface area contributed by atoms with Gasteiger partial charge in [0.2, 0.25) is 0 Å². The molecule has 5 aromatic carbocycles. The predicted octanol–water partition coefficient (Wildman–Crippen LogP) is 8.56. The minimum Gasteiger partial charge on any atom is -0.494 e.